The van der Waals surface area contributed by atoms with Crippen LogP contribution in [0, 0.1) is 6.92 Å². The molecule has 1 saturated heterocycles. The highest BCUT2D eigenvalue weighted by molar-refractivity contribution is 5.77. The van der Waals surface area contributed by atoms with Crippen molar-refractivity contribution < 1.29 is 18.0 Å². The number of fused-ring (bicyclic) bond motifs is 1. The summed E-state index contributed by atoms with van der Waals surface area (Å²) >= 11 is 0. The molecule has 0 bridgehead atoms. The van der Waals surface area contributed by atoms with Gasteiger partial charge in [-0.1, -0.05) is 18.2 Å². The maximum atomic E-state index is 13.0. The van der Waals surface area contributed by atoms with Crippen LogP contribution in [-0.2, 0) is 17.5 Å². The predicted octanol–water partition coefficient (Wildman–Crippen LogP) is 3.05. The molecule has 1 aliphatic heterocycles. The van der Waals surface area contributed by atoms with Crippen LogP contribution >= 0.6 is 0 Å². The molecule has 0 radical (unpaired) electrons. The van der Waals surface area contributed by atoms with Crippen molar-refractivity contribution in [1.82, 2.24) is 19.8 Å². The van der Waals surface area contributed by atoms with Gasteiger partial charge in [-0.2, -0.15) is 13.2 Å². The maximum Gasteiger partial charge on any atom is 0.416 e. The number of hydrogen-bond acceptors (Lipinski definition) is 5. The summed E-state index contributed by atoms with van der Waals surface area (Å²) in [6.07, 6.45) is -4.18. The zero-order chi connectivity index (χ0) is 25.0. The summed E-state index contributed by atoms with van der Waals surface area (Å²) in [6, 6.07) is 12.8. The van der Waals surface area contributed by atoms with Gasteiger partial charge in [0.25, 0.3) is 5.56 Å². The van der Waals surface area contributed by atoms with Gasteiger partial charge in [0.05, 0.1) is 16.6 Å². The van der Waals surface area contributed by atoms with Crippen LogP contribution in [0.1, 0.15) is 17.7 Å². The number of halogens is 3. The molecule has 0 spiro atoms. The molecule has 1 amide bonds. The van der Waals surface area contributed by atoms with E-state index in [0.29, 0.717) is 61.7 Å². The highest BCUT2D eigenvalue weighted by atomic mass is 19.4. The molecule has 186 valence electrons. The number of aryl methyl sites for hydroxylation is 2. The largest absolute Gasteiger partial charge is 0.416 e. The van der Waals surface area contributed by atoms with E-state index in [9.17, 15) is 22.8 Å². The standard InChI is InChI=1S/C25H28F3N5O2/c1-18-24(35)33(22-8-3-2-7-21(22)30-18)11-9-23(34)29-10-12-31-13-15-32(16-14-31)20-6-4-5-19(17-20)25(26,27)28/h2-8,17H,9-16H2,1H3,(H,29,34). The minimum atomic E-state index is -4.35. The smallest absolute Gasteiger partial charge is 0.369 e. The minimum absolute atomic E-state index is 0.141. The molecule has 10 heteroatoms. The molecule has 1 aliphatic rings. The van der Waals surface area contributed by atoms with E-state index in [0.717, 1.165) is 6.07 Å². The summed E-state index contributed by atoms with van der Waals surface area (Å²) in [5, 5.41) is 2.90. The number of anilines is 1. The van der Waals surface area contributed by atoms with Gasteiger partial charge in [-0.3, -0.25) is 14.5 Å². The topological polar surface area (TPSA) is 70.5 Å². The Labute approximate surface area is 201 Å². The van der Waals surface area contributed by atoms with Crippen molar-refractivity contribution in [3.05, 3.63) is 70.1 Å². The lowest BCUT2D eigenvalue weighted by Crippen LogP contribution is -2.48. The Kier molecular flexibility index (Phi) is 7.39. The SMILES string of the molecule is Cc1nc2ccccc2n(CCC(=O)NCCN2CCN(c3cccc(C(F)(F)F)c3)CC2)c1=O. The molecule has 1 fully saturated rings. The third kappa shape index (κ3) is 6.00. The van der Waals surface area contributed by atoms with Gasteiger partial charge in [-0.25, -0.2) is 4.98 Å². The number of aromatic nitrogens is 2. The zero-order valence-electron chi connectivity index (χ0n) is 19.5. The Bertz CT molecular complexity index is 1250. The van der Waals surface area contributed by atoms with Crippen LogP contribution in [0.15, 0.2) is 53.3 Å². The van der Waals surface area contributed by atoms with E-state index in [2.05, 4.69) is 15.2 Å². The third-order valence-corrected chi connectivity index (χ3v) is 6.24. The second-order valence-corrected chi connectivity index (χ2v) is 8.62. The number of benzene rings is 2. The summed E-state index contributed by atoms with van der Waals surface area (Å²) < 4.78 is 40.5. The first-order valence-electron chi connectivity index (χ1n) is 11.6. The molecule has 0 aliphatic carbocycles. The van der Waals surface area contributed by atoms with Crippen LogP contribution in [0.5, 0.6) is 0 Å². The summed E-state index contributed by atoms with van der Waals surface area (Å²) in [7, 11) is 0. The van der Waals surface area contributed by atoms with Crippen LogP contribution in [-0.4, -0.2) is 59.6 Å². The fourth-order valence-electron chi connectivity index (χ4n) is 4.31. The Balaban J connectivity index is 1.23. The number of carbonyl (C=O) groups is 1. The molecule has 7 nitrogen and oxygen atoms in total. The average molecular weight is 488 g/mol. The number of alkyl halides is 3. The number of para-hydroxylation sites is 2. The molecule has 0 unspecified atom stereocenters. The molecular weight excluding hydrogens is 459 g/mol. The number of amides is 1. The van der Waals surface area contributed by atoms with E-state index >= 15 is 0 Å². The number of hydrogen-bond donors (Lipinski definition) is 1. The normalized spacial score (nSPS) is 14.9. The molecular formula is C25H28F3N5O2. The first kappa shape index (κ1) is 24.7. The van der Waals surface area contributed by atoms with E-state index < -0.39 is 11.7 Å². The predicted molar refractivity (Wildman–Crippen MR) is 128 cm³/mol. The van der Waals surface area contributed by atoms with Crippen molar-refractivity contribution in [3.8, 4) is 0 Å². The molecule has 2 heterocycles. The molecule has 2 aromatic carbocycles. The van der Waals surface area contributed by atoms with Gasteiger partial charge in [-0.05, 0) is 37.3 Å². The molecule has 3 aromatic rings. The first-order valence-corrected chi connectivity index (χ1v) is 11.6. The monoisotopic (exact) mass is 487 g/mol. The lowest BCUT2D eigenvalue weighted by atomic mass is 10.1. The molecule has 0 saturated carbocycles. The van der Waals surface area contributed by atoms with Crippen molar-refractivity contribution in [3.63, 3.8) is 0 Å². The second kappa shape index (κ2) is 10.5. The molecule has 0 atom stereocenters. The Morgan fingerprint density at radius 1 is 1.03 bits per heavy atom. The van der Waals surface area contributed by atoms with Crippen LogP contribution in [0.4, 0.5) is 18.9 Å². The van der Waals surface area contributed by atoms with Crippen molar-refractivity contribution in [2.45, 2.75) is 26.1 Å². The Morgan fingerprint density at radius 2 is 1.77 bits per heavy atom. The zero-order valence-corrected chi connectivity index (χ0v) is 19.5. The van der Waals surface area contributed by atoms with Crippen LogP contribution in [0.3, 0.4) is 0 Å². The third-order valence-electron chi connectivity index (χ3n) is 6.24. The lowest BCUT2D eigenvalue weighted by molar-refractivity contribution is -0.137. The number of piperazine rings is 1. The molecule has 1 aromatic heterocycles. The summed E-state index contributed by atoms with van der Waals surface area (Å²) in [5.41, 5.74) is 1.55. The second-order valence-electron chi connectivity index (χ2n) is 8.62. The lowest BCUT2D eigenvalue weighted by Gasteiger charge is -2.36. The van der Waals surface area contributed by atoms with Crippen molar-refractivity contribution in [2.75, 3.05) is 44.2 Å². The van der Waals surface area contributed by atoms with Gasteiger partial charge in [0.1, 0.15) is 5.69 Å². The van der Waals surface area contributed by atoms with Gasteiger partial charge in [-0.15, -0.1) is 0 Å². The van der Waals surface area contributed by atoms with Crippen LogP contribution < -0.4 is 15.8 Å². The van der Waals surface area contributed by atoms with Gasteiger partial charge in [0.15, 0.2) is 0 Å². The maximum absolute atomic E-state index is 13.0. The van der Waals surface area contributed by atoms with Gasteiger partial charge < -0.3 is 14.8 Å². The van der Waals surface area contributed by atoms with Crippen LogP contribution in [0.2, 0.25) is 0 Å². The summed E-state index contributed by atoms with van der Waals surface area (Å²) in [6.45, 7) is 5.68. The highest BCUT2D eigenvalue weighted by Crippen LogP contribution is 2.31. The van der Waals surface area contributed by atoms with E-state index in [1.165, 1.54) is 12.1 Å². The van der Waals surface area contributed by atoms with Crippen LogP contribution in [0.25, 0.3) is 11.0 Å². The molecule has 1 N–H and O–H groups in total. The van der Waals surface area contributed by atoms with Gasteiger partial charge >= 0.3 is 6.18 Å². The quantitative estimate of drug-likeness (QED) is 0.555. The van der Waals surface area contributed by atoms with E-state index in [4.69, 9.17) is 0 Å². The summed E-state index contributed by atoms with van der Waals surface area (Å²) in [4.78, 5) is 33.3. The minimum Gasteiger partial charge on any atom is -0.369 e. The highest BCUT2D eigenvalue weighted by Gasteiger charge is 2.31. The van der Waals surface area contributed by atoms with E-state index in [1.807, 2.05) is 29.2 Å². The van der Waals surface area contributed by atoms with Crippen molar-refractivity contribution in [1.29, 1.82) is 0 Å². The number of carbonyl (C=O) groups excluding carboxylic acids is 1. The van der Waals surface area contributed by atoms with E-state index in [-0.39, 0.29) is 24.4 Å². The Hall–Kier alpha value is -3.40. The molecule has 35 heavy (non-hydrogen) atoms. The molecule has 4 rings (SSSR count). The van der Waals surface area contributed by atoms with Crippen molar-refractivity contribution >= 4 is 22.6 Å². The summed E-state index contributed by atoms with van der Waals surface area (Å²) in [5.74, 6) is -0.141. The fourth-order valence-corrected chi connectivity index (χ4v) is 4.31. The van der Waals surface area contributed by atoms with E-state index in [1.54, 1.807) is 17.6 Å². The number of nitrogens with one attached hydrogen (secondary N) is 1. The average Bonchev–Trinajstić information content (AvgIpc) is 2.84. The van der Waals surface area contributed by atoms with Gasteiger partial charge in [0, 0.05) is 57.9 Å². The number of nitrogens with zero attached hydrogens (tertiary/aromatic N) is 4. The first-order chi connectivity index (χ1) is 16.7. The van der Waals surface area contributed by atoms with Crippen molar-refractivity contribution in [2.24, 2.45) is 0 Å². The Morgan fingerprint density at radius 3 is 2.51 bits per heavy atom. The fraction of sp³-hybridized carbons (Fsp3) is 0.400. The van der Waals surface area contributed by atoms with Gasteiger partial charge in [0.2, 0.25) is 5.91 Å². The number of rotatable bonds is 7.